The van der Waals surface area contributed by atoms with E-state index in [-0.39, 0.29) is 12.0 Å². The predicted molar refractivity (Wildman–Crippen MR) is 93.9 cm³/mol. The van der Waals surface area contributed by atoms with Gasteiger partial charge in [-0.1, -0.05) is 28.1 Å². The van der Waals surface area contributed by atoms with E-state index >= 15 is 0 Å². The number of halogens is 2. The van der Waals surface area contributed by atoms with Gasteiger partial charge in [0.15, 0.2) is 0 Å². The van der Waals surface area contributed by atoms with E-state index in [1.165, 1.54) is 19.2 Å². The molecule has 0 aliphatic carbocycles. The van der Waals surface area contributed by atoms with E-state index in [1.807, 2.05) is 0 Å². The summed E-state index contributed by atoms with van der Waals surface area (Å²) in [7, 11) is 2.81. The predicted octanol–water partition coefficient (Wildman–Crippen LogP) is 3.63. The third-order valence-corrected chi connectivity index (χ3v) is 4.09. The second-order valence-electron chi connectivity index (χ2n) is 5.20. The summed E-state index contributed by atoms with van der Waals surface area (Å²) in [6.45, 7) is 0. The molecule has 0 fully saturated rings. The van der Waals surface area contributed by atoms with Crippen LogP contribution in [-0.2, 0) is 9.53 Å². The van der Waals surface area contributed by atoms with Gasteiger partial charge in [-0.15, -0.1) is 0 Å². The Hall–Kier alpha value is -2.41. The first-order valence-corrected chi connectivity index (χ1v) is 8.20. The molecule has 2 aromatic rings. The smallest absolute Gasteiger partial charge is 0.307 e. The molecule has 0 saturated carbocycles. The molecule has 1 unspecified atom stereocenters. The minimum Gasteiger partial charge on any atom is -0.497 e. The van der Waals surface area contributed by atoms with Gasteiger partial charge in [0.2, 0.25) is 0 Å². The standard InChI is InChI=1S/C18H17BrFNO4/c1-24-13-6-3-11(4-7-13)16(10-17(22)25-2)21-18(23)14-8-5-12(19)9-15(14)20/h3-9,16H,10H2,1-2H3,(H,21,23). The zero-order valence-electron chi connectivity index (χ0n) is 13.7. The molecule has 7 heteroatoms. The van der Waals surface area contributed by atoms with E-state index in [0.717, 1.165) is 0 Å². The lowest BCUT2D eigenvalue weighted by Crippen LogP contribution is -2.31. The van der Waals surface area contributed by atoms with E-state index in [2.05, 4.69) is 26.0 Å². The molecule has 0 aliphatic heterocycles. The SMILES string of the molecule is COC(=O)CC(NC(=O)c1ccc(Br)cc1F)c1ccc(OC)cc1. The molecule has 0 saturated heterocycles. The monoisotopic (exact) mass is 409 g/mol. The molecule has 0 spiro atoms. The van der Waals surface area contributed by atoms with Gasteiger partial charge in [-0.25, -0.2) is 4.39 Å². The summed E-state index contributed by atoms with van der Waals surface area (Å²) in [5.41, 5.74) is 0.573. The first-order chi connectivity index (χ1) is 11.9. The van der Waals surface area contributed by atoms with Crippen LogP contribution in [-0.4, -0.2) is 26.1 Å². The van der Waals surface area contributed by atoms with Gasteiger partial charge in [-0.2, -0.15) is 0 Å². The van der Waals surface area contributed by atoms with Crippen LogP contribution in [0.25, 0.3) is 0 Å². The summed E-state index contributed by atoms with van der Waals surface area (Å²) >= 11 is 3.14. The molecule has 25 heavy (non-hydrogen) atoms. The Balaban J connectivity index is 2.25. The molecule has 2 aromatic carbocycles. The molecule has 1 N–H and O–H groups in total. The number of hydrogen-bond acceptors (Lipinski definition) is 4. The molecule has 1 amide bonds. The van der Waals surface area contributed by atoms with Gasteiger partial charge in [0, 0.05) is 4.47 Å². The van der Waals surface area contributed by atoms with Crippen molar-refractivity contribution in [1.29, 1.82) is 0 Å². The van der Waals surface area contributed by atoms with Gasteiger partial charge >= 0.3 is 5.97 Å². The average Bonchev–Trinajstić information content (AvgIpc) is 2.60. The largest absolute Gasteiger partial charge is 0.497 e. The Kier molecular flexibility index (Phi) is 6.52. The number of benzene rings is 2. The minimum atomic E-state index is -0.658. The molecular formula is C18H17BrFNO4. The highest BCUT2D eigenvalue weighted by Gasteiger charge is 2.21. The molecule has 2 rings (SSSR count). The normalized spacial score (nSPS) is 11.5. The quantitative estimate of drug-likeness (QED) is 0.739. The fourth-order valence-corrected chi connectivity index (χ4v) is 2.58. The Morgan fingerprint density at radius 1 is 1.16 bits per heavy atom. The van der Waals surface area contributed by atoms with Crippen molar-refractivity contribution in [2.24, 2.45) is 0 Å². The Labute approximate surface area is 153 Å². The van der Waals surface area contributed by atoms with Gasteiger partial charge in [0.1, 0.15) is 11.6 Å². The Bertz CT molecular complexity index is 764. The Morgan fingerprint density at radius 3 is 2.40 bits per heavy atom. The van der Waals surface area contributed by atoms with Crippen molar-refractivity contribution in [3.63, 3.8) is 0 Å². The highest BCUT2D eigenvalue weighted by Crippen LogP contribution is 2.22. The number of carbonyl (C=O) groups excluding carboxylic acids is 2. The third-order valence-electron chi connectivity index (χ3n) is 3.60. The van der Waals surface area contributed by atoms with Gasteiger partial charge in [0.25, 0.3) is 5.91 Å². The fraction of sp³-hybridized carbons (Fsp3) is 0.222. The highest BCUT2D eigenvalue weighted by atomic mass is 79.9. The van der Waals surface area contributed by atoms with Gasteiger partial charge in [-0.05, 0) is 35.9 Å². The maximum Gasteiger partial charge on any atom is 0.307 e. The second kappa shape index (κ2) is 8.62. The van der Waals surface area contributed by atoms with E-state index in [9.17, 15) is 14.0 Å². The van der Waals surface area contributed by atoms with Crippen LogP contribution in [0.4, 0.5) is 4.39 Å². The van der Waals surface area contributed by atoms with Crippen LogP contribution in [0.3, 0.4) is 0 Å². The number of carbonyl (C=O) groups is 2. The Morgan fingerprint density at radius 2 is 1.84 bits per heavy atom. The number of amides is 1. The van der Waals surface area contributed by atoms with E-state index in [1.54, 1.807) is 37.4 Å². The summed E-state index contributed by atoms with van der Waals surface area (Å²) in [5, 5.41) is 2.68. The number of nitrogens with one attached hydrogen (secondary N) is 1. The van der Waals surface area contributed by atoms with Crippen LogP contribution in [0.1, 0.15) is 28.4 Å². The molecule has 1 atom stereocenters. The van der Waals surface area contributed by atoms with Crippen molar-refractivity contribution < 1.29 is 23.5 Å². The highest BCUT2D eigenvalue weighted by molar-refractivity contribution is 9.10. The van der Waals surface area contributed by atoms with Crippen molar-refractivity contribution in [2.45, 2.75) is 12.5 Å². The maximum absolute atomic E-state index is 14.0. The molecule has 0 aromatic heterocycles. The van der Waals surface area contributed by atoms with E-state index in [4.69, 9.17) is 4.74 Å². The first-order valence-electron chi connectivity index (χ1n) is 7.41. The zero-order chi connectivity index (χ0) is 18.4. The molecule has 0 bridgehead atoms. The summed E-state index contributed by atoms with van der Waals surface area (Å²) in [5.74, 6) is -1.11. The minimum absolute atomic E-state index is 0.0767. The van der Waals surface area contributed by atoms with Crippen LogP contribution in [0.2, 0.25) is 0 Å². The number of hydrogen-bond donors (Lipinski definition) is 1. The maximum atomic E-state index is 14.0. The molecule has 0 aliphatic rings. The summed E-state index contributed by atoms with van der Waals surface area (Å²) < 4.78 is 24.3. The third kappa shape index (κ3) is 5.03. The lowest BCUT2D eigenvalue weighted by molar-refractivity contribution is -0.141. The van der Waals surface area contributed by atoms with E-state index < -0.39 is 23.7 Å². The van der Waals surface area contributed by atoms with Crippen LogP contribution >= 0.6 is 15.9 Å². The number of ether oxygens (including phenoxy) is 2. The molecule has 0 radical (unpaired) electrons. The molecule has 5 nitrogen and oxygen atoms in total. The van der Waals surface area contributed by atoms with Gasteiger partial charge in [-0.3, -0.25) is 9.59 Å². The van der Waals surface area contributed by atoms with Gasteiger partial charge in [0.05, 0.1) is 32.2 Å². The number of esters is 1. The van der Waals surface area contributed by atoms with Crippen molar-refractivity contribution in [3.8, 4) is 5.75 Å². The lowest BCUT2D eigenvalue weighted by atomic mass is 10.0. The lowest BCUT2D eigenvalue weighted by Gasteiger charge is -2.19. The van der Waals surface area contributed by atoms with Crippen molar-refractivity contribution in [2.75, 3.05) is 14.2 Å². The van der Waals surface area contributed by atoms with Crippen molar-refractivity contribution in [1.82, 2.24) is 5.32 Å². The average molecular weight is 410 g/mol. The summed E-state index contributed by atoms with van der Waals surface area (Å²) in [4.78, 5) is 24.1. The second-order valence-corrected chi connectivity index (χ2v) is 6.12. The van der Waals surface area contributed by atoms with E-state index in [0.29, 0.717) is 15.8 Å². The van der Waals surface area contributed by atoms with Crippen LogP contribution in [0.15, 0.2) is 46.9 Å². The van der Waals surface area contributed by atoms with Crippen LogP contribution < -0.4 is 10.1 Å². The van der Waals surface area contributed by atoms with Crippen molar-refractivity contribution in [3.05, 3.63) is 63.9 Å². The summed E-state index contributed by atoms with van der Waals surface area (Å²) in [6.07, 6.45) is -0.0767. The topological polar surface area (TPSA) is 64.6 Å². The number of rotatable bonds is 6. The first kappa shape index (κ1) is 18.9. The summed E-state index contributed by atoms with van der Waals surface area (Å²) in [6, 6.07) is 10.4. The van der Waals surface area contributed by atoms with Crippen LogP contribution in [0, 0.1) is 5.82 Å². The molecule has 132 valence electrons. The van der Waals surface area contributed by atoms with Gasteiger partial charge < -0.3 is 14.8 Å². The van der Waals surface area contributed by atoms with Crippen LogP contribution in [0.5, 0.6) is 5.75 Å². The molecular weight excluding hydrogens is 393 g/mol. The zero-order valence-corrected chi connectivity index (χ0v) is 15.3. The number of methoxy groups -OCH3 is 2. The van der Waals surface area contributed by atoms with Crippen molar-refractivity contribution >= 4 is 27.8 Å². The fourth-order valence-electron chi connectivity index (χ4n) is 2.25. The molecule has 0 heterocycles.